The molecule has 0 aliphatic rings. The zero-order valence-electron chi connectivity index (χ0n) is 13.8. The van der Waals surface area contributed by atoms with E-state index in [0.29, 0.717) is 41.5 Å². The number of nitrogens with two attached hydrogens (primary N) is 1. The van der Waals surface area contributed by atoms with Gasteiger partial charge in [0.05, 0.1) is 11.1 Å². The molecule has 0 saturated heterocycles. The zero-order chi connectivity index (χ0) is 17.5. The fraction of sp³-hybridized carbons (Fsp3) is 0.278. The first-order chi connectivity index (χ1) is 11.7. The third kappa shape index (κ3) is 3.68. The molecule has 1 aromatic heterocycles. The largest absolute Gasteiger partial charge is 0.357 e. The summed E-state index contributed by atoms with van der Waals surface area (Å²) in [7, 11) is 1.86. The highest BCUT2D eigenvalue weighted by Crippen LogP contribution is 2.35. The van der Waals surface area contributed by atoms with E-state index in [1.54, 1.807) is 0 Å². The number of anilines is 1. The predicted molar refractivity (Wildman–Crippen MR) is 95.9 cm³/mol. The minimum Gasteiger partial charge on any atom is -0.357 e. The summed E-state index contributed by atoms with van der Waals surface area (Å²) >= 11 is 1.44. The monoisotopic (exact) mass is 337 g/mol. The van der Waals surface area contributed by atoms with Gasteiger partial charge in [0, 0.05) is 25.0 Å². The summed E-state index contributed by atoms with van der Waals surface area (Å²) in [6.45, 7) is 3.00. The van der Waals surface area contributed by atoms with Crippen molar-refractivity contribution in [1.82, 2.24) is 4.98 Å². The number of aromatic nitrogens is 1. The molecule has 2 N–H and O–H groups in total. The summed E-state index contributed by atoms with van der Waals surface area (Å²) in [4.78, 5) is 7.49. The number of benzene rings is 1. The number of pyridine rings is 1. The Bertz CT molecular complexity index is 790. The number of rotatable bonds is 6. The molecular weight excluding hydrogens is 318 g/mol. The fourth-order valence-electron chi connectivity index (χ4n) is 2.43. The van der Waals surface area contributed by atoms with Crippen molar-refractivity contribution in [3.63, 3.8) is 0 Å². The van der Waals surface area contributed by atoms with Crippen LogP contribution in [0.15, 0.2) is 40.3 Å². The number of nitrogens with zero attached hydrogens (tertiary/aromatic N) is 4. The molecule has 5 nitrogen and oxygen atoms in total. The lowest BCUT2D eigenvalue weighted by Crippen LogP contribution is -2.27. The van der Waals surface area contributed by atoms with E-state index < -0.39 is 0 Å². The van der Waals surface area contributed by atoms with E-state index >= 15 is 0 Å². The molecule has 0 unspecified atom stereocenters. The molecule has 122 valence electrons. The Labute approximate surface area is 146 Å². The Morgan fingerprint density at radius 1 is 1.17 bits per heavy atom. The molecule has 0 radical (unpaired) electrons. The Morgan fingerprint density at radius 3 is 2.38 bits per heavy atom. The summed E-state index contributed by atoms with van der Waals surface area (Å²) in [5.74, 6) is 0.581. The molecule has 0 spiro atoms. The van der Waals surface area contributed by atoms with Crippen molar-refractivity contribution in [2.75, 3.05) is 25.0 Å². The quantitative estimate of drug-likeness (QED) is 0.871. The lowest BCUT2D eigenvalue weighted by molar-refractivity contribution is 0.849. The van der Waals surface area contributed by atoms with Crippen LogP contribution in [0.3, 0.4) is 0 Å². The van der Waals surface area contributed by atoms with Gasteiger partial charge >= 0.3 is 0 Å². The maximum atomic E-state index is 9.61. The lowest BCUT2D eigenvalue weighted by Gasteiger charge is -2.21. The molecule has 0 saturated carbocycles. The number of hydrogen-bond donors (Lipinski definition) is 1. The van der Waals surface area contributed by atoms with Gasteiger partial charge in [0.25, 0.3) is 0 Å². The average molecular weight is 337 g/mol. The lowest BCUT2D eigenvalue weighted by atomic mass is 10.0. The van der Waals surface area contributed by atoms with Crippen LogP contribution in [-0.4, -0.2) is 25.1 Å². The third-order valence-electron chi connectivity index (χ3n) is 3.61. The van der Waals surface area contributed by atoms with E-state index in [1.165, 1.54) is 11.8 Å². The number of nitriles is 2. The molecule has 0 atom stereocenters. The average Bonchev–Trinajstić information content (AvgIpc) is 2.61. The summed E-state index contributed by atoms with van der Waals surface area (Å²) < 4.78 is 0. The van der Waals surface area contributed by atoms with Gasteiger partial charge in [-0.3, -0.25) is 0 Å². The van der Waals surface area contributed by atoms with E-state index in [-0.39, 0.29) is 0 Å². The molecule has 0 fully saturated rings. The maximum Gasteiger partial charge on any atom is 0.148 e. The molecule has 0 aliphatic heterocycles. The van der Waals surface area contributed by atoms with Crippen LogP contribution >= 0.6 is 11.8 Å². The molecule has 1 heterocycles. The van der Waals surface area contributed by atoms with Crippen molar-refractivity contribution in [3.05, 3.63) is 47.0 Å². The van der Waals surface area contributed by atoms with Crippen molar-refractivity contribution in [1.29, 1.82) is 10.5 Å². The van der Waals surface area contributed by atoms with E-state index in [2.05, 4.69) is 17.1 Å². The molecular formula is C18H19N5S. The van der Waals surface area contributed by atoms with Crippen LogP contribution in [-0.2, 0) is 6.42 Å². The molecule has 6 heteroatoms. The third-order valence-corrected chi connectivity index (χ3v) is 4.61. The van der Waals surface area contributed by atoms with Gasteiger partial charge in [-0.2, -0.15) is 10.5 Å². The normalized spacial score (nSPS) is 10.0. The fourth-order valence-corrected chi connectivity index (χ4v) is 3.35. The highest BCUT2D eigenvalue weighted by molar-refractivity contribution is 7.99. The van der Waals surface area contributed by atoms with E-state index in [4.69, 9.17) is 5.73 Å². The Kier molecular flexibility index (Phi) is 6.20. The topological polar surface area (TPSA) is 89.7 Å². The van der Waals surface area contributed by atoms with E-state index in [0.717, 1.165) is 10.5 Å². The van der Waals surface area contributed by atoms with Crippen LogP contribution in [0.2, 0.25) is 0 Å². The summed E-state index contributed by atoms with van der Waals surface area (Å²) in [5.41, 5.74) is 7.32. The Hall–Kier alpha value is -2.54. The highest BCUT2D eigenvalue weighted by Gasteiger charge is 2.21. The van der Waals surface area contributed by atoms with Crippen LogP contribution in [0.1, 0.15) is 23.6 Å². The SMILES string of the molecule is CCc1c(C#N)c(Sc2ccccc2)nc(N(C)CCN)c1C#N. The molecule has 24 heavy (non-hydrogen) atoms. The van der Waals surface area contributed by atoms with Gasteiger partial charge in [-0.15, -0.1) is 0 Å². The van der Waals surface area contributed by atoms with Gasteiger partial charge in [-0.25, -0.2) is 4.98 Å². The second-order valence-electron chi connectivity index (χ2n) is 5.17. The van der Waals surface area contributed by atoms with Crippen LogP contribution in [0.4, 0.5) is 5.82 Å². The molecule has 2 aromatic rings. The van der Waals surface area contributed by atoms with Crippen LogP contribution < -0.4 is 10.6 Å². The van der Waals surface area contributed by atoms with E-state index in [9.17, 15) is 10.5 Å². The highest BCUT2D eigenvalue weighted by atomic mass is 32.2. The van der Waals surface area contributed by atoms with Crippen molar-refractivity contribution in [2.45, 2.75) is 23.3 Å². The van der Waals surface area contributed by atoms with Crippen LogP contribution in [0.5, 0.6) is 0 Å². The maximum absolute atomic E-state index is 9.61. The van der Waals surface area contributed by atoms with Gasteiger partial charge in [-0.1, -0.05) is 36.9 Å². The van der Waals surface area contributed by atoms with Crippen molar-refractivity contribution in [2.24, 2.45) is 5.73 Å². The summed E-state index contributed by atoms with van der Waals surface area (Å²) in [5, 5.41) is 19.8. The molecule has 0 amide bonds. The number of hydrogen-bond acceptors (Lipinski definition) is 6. The van der Waals surface area contributed by atoms with Crippen LogP contribution in [0.25, 0.3) is 0 Å². The zero-order valence-corrected chi connectivity index (χ0v) is 14.6. The van der Waals surface area contributed by atoms with Crippen molar-refractivity contribution >= 4 is 17.6 Å². The summed E-state index contributed by atoms with van der Waals surface area (Å²) in [6.07, 6.45) is 0.597. The van der Waals surface area contributed by atoms with Crippen LogP contribution in [0, 0.1) is 22.7 Å². The molecule has 1 aromatic carbocycles. The molecule has 0 bridgehead atoms. The standard InChI is InChI=1S/C18H19N5S/c1-3-14-15(11-20)17(23(2)10-9-19)22-18(16(14)12-21)24-13-7-5-4-6-8-13/h4-8H,3,9-10,19H2,1-2H3. The summed E-state index contributed by atoms with van der Waals surface area (Å²) in [6, 6.07) is 14.2. The van der Waals surface area contributed by atoms with Crippen molar-refractivity contribution < 1.29 is 0 Å². The second-order valence-corrected chi connectivity index (χ2v) is 6.23. The van der Waals surface area contributed by atoms with Gasteiger partial charge in [0.2, 0.25) is 0 Å². The van der Waals surface area contributed by atoms with E-state index in [1.807, 2.05) is 49.2 Å². The van der Waals surface area contributed by atoms with Gasteiger partial charge < -0.3 is 10.6 Å². The first kappa shape index (κ1) is 17.8. The first-order valence-electron chi connectivity index (χ1n) is 7.67. The van der Waals surface area contributed by atoms with Gasteiger partial charge in [0.15, 0.2) is 0 Å². The minimum absolute atomic E-state index is 0.461. The Balaban J connectivity index is 2.63. The molecule has 0 aliphatic carbocycles. The smallest absolute Gasteiger partial charge is 0.148 e. The predicted octanol–water partition coefficient (Wildman–Crippen LogP) is 2.93. The van der Waals surface area contributed by atoms with Gasteiger partial charge in [-0.05, 0) is 24.1 Å². The van der Waals surface area contributed by atoms with Crippen molar-refractivity contribution in [3.8, 4) is 12.1 Å². The minimum atomic E-state index is 0.461. The Morgan fingerprint density at radius 2 is 1.83 bits per heavy atom. The number of likely N-dealkylation sites (N-methyl/N-ethyl adjacent to an activating group) is 1. The molecule has 2 rings (SSSR count). The van der Waals surface area contributed by atoms with Gasteiger partial charge in [0.1, 0.15) is 23.0 Å². The first-order valence-corrected chi connectivity index (χ1v) is 8.49. The second kappa shape index (κ2) is 8.35.